The van der Waals surface area contributed by atoms with Gasteiger partial charge in [-0.2, -0.15) is 0 Å². The van der Waals surface area contributed by atoms with Crippen LogP contribution in [0.25, 0.3) is 0 Å². The Morgan fingerprint density at radius 1 is 1.16 bits per heavy atom. The molecule has 2 aromatic rings. The number of benzene rings is 2. The van der Waals surface area contributed by atoms with Crippen LogP contribution in [0.2, 0.25) is 0 Å². The van der Waals surface area contributed by atoms with E-state index < -0.39 is 0 Å². The topological polar surface area (TPSA) is 69.2 Å². The number of rotatable bonds is 5. The minimum Gasteiger partial charge on any atom is -0.399 e. The number of nitrogens with zero attached hydrogens (tertiary/aromatic N) is 1. The number of non-ortho nitro benzene ring substituents is 1. The van der Waals surface area contributed by atoms with Gasteiger partial charge in [0.05, 0.1) is 4.92 Å². The second-order valence-corrected chi connectivity index (χ2v) is 5.27. The maximum atomic E-state index is 10.7. The third kappa shape index (κ3) is 3.99. The van der Waals surface area contributed by atoms with Gasteiger partial charge >= 0.3 is 0 Å². The fourth-order valence-electron chi connectivity index (χ4n) is 1.72. The molecular formula is C14H14N2O2S. The van der Waals surface area contributed by atoms with Gasteiger partial charge in [0.1, 0.15) is 0 Å². The summed E-state index contributed by atoms with van der Waals surface area (Å²) in [6.07, 6.45) is 0.793. The summed E-state index contributed by atoms with van der Waals surface area (Å²) in [6, 6.07) is 14.5. The van der Waals surface area contributed by atoms with Gasteiger partial charge in [0.25, 0.3) is 5.69 Å². The lowest BCUT2D eigenvalue weighted by Crippen LogP contribution is -1.92. The van der Waals surface area contributed by atoms with E-state index in [-0.39, 0.29) is 10.6 Å². The second kappa shape index (κ2) is 6.24. The first-order valence-electron chi connectivity index (χ1n) is 5.87. The van der Waals surface area contributed by atoms with Gasteiger partial charge in [0.15, 0.2) is 0 Å². The Morgan fingerprint density at radius 3 is 2.68 bits per heavy atom. The summed E-state index contributed by atoms with van der Waals surface area (Å²) < 4.78 is 0. The molecule has 4 nitrogen and oxygen atoms in total. The van der Waals surface area contributed by atoms with E-state index in [9.17, 15) is 10.1 Å². The van der Waals surface area contributed by atoms with Gasteiger partial charge in [0, 0.05) is 28.5 Å². The third-order valence-corrected chi connectivity index (χ3v) is 3.63. The fourth-order valence-corrected chi connectivity index (χ4v) is 2.68. The van der Waals surface area contributed by atoms with Crippen LogP contribution in [-0.4, -0.2) is 10.7 Å². The maximum Gasteiger partial charge on any atom is 0.269 e. The van der Waals surface area contributed by atoms with Crippen LogP contribution in [0.4, 0.5) is 11.4 Å². The van der Waals surface area contributed by atoms with Crippen LogP contribution in [0.1, 0.15) is 5.56 Å². The number of nitrogen functional groups attached to an aromatic ring is 1. The van der Waals surface area contributed by atoms with Crippen molar-refractivity contribution in [2.75, 3.05) is 11.5 Å². The molecule has 0 heterocycles. The van der Waals surface area contributed by atoms with E-state index in [4.69, 9.17) is 5.73 Å². The molecule has 5 heteroatoms. The summed E-state index contributed by atoms with van der Waals surface area (Å²) in [5.41, 5.74) is 7.58. The molecule has 0 aliphatic rings. The maximum absolute atomic E-state index is 10.7. The van der Waals surface area contributed by atoms with Gasteiger partial charge < -0.3 is 5.73 Å². The lowest BCUT2D eigenvalue weighted by Gasteiger charge is -2.03. The lowest BCUT2D eigenvalue weighted by molar-refractivity contribution is -0.384. The average Bonchev–Trinajstić information content (AvgIpc) is 2.39. The molecule has 0 aliphatic carbocycles. The van der Waals surface area contributed by atoms with Crippen LogP contribution in [0.15, 0.2) is 53.4 Å². The SMILES string of the molecule is Nc1cccc(SCCc2cccc([N+](=O)[O-])c2)c1. The highest BCUT2D eigenvalue weighted by Gasteiger charge is 2.05. The highest BCUT2D eigenvalue weighted by molar-refractivity contribution is 7.99. The van der Waals surface area contributed by atoms with Crippen molar-refractivity contribution >= 4 is 23.1 Å². The molecular weight excluding hydrogens is 260 g/mol. The van der Waals surface area contributed by atoms with Gasteiger partial charge in [-0.3, -0.25) is 10.1 Å². The van der Waals surface area contributed by atoms with Crippen molar-refractivity contribution < 1.29 is 4.92 Å². The predicted molar refractivity (Wildman–Crippen MR) is 78.4 cm³/mol. The Bertz CT molecular complexity index is 587. The molecule has 19 heavy (non-hydrogen) atoms. The zero-order chi connectivity index (χ0) is 13.7. The number of nitrogens with two attached hydrogens (primary N) is 1. The van der Waals surface area contributed by atoms with Crippen LogP contribution in [-0.2, 0) is 6.42 Å². The Kier molecular flexibility index (Phi) is 4.41. The van der Waals surface area contributed by atoms with E-state index in [0.717, 1.165) is 28.3 Å². The van der Waals surface area contributed by atoms with Gasteiger partial charge in [-0.15, -0.1) is 11.8 Å². The lowest BCUT2D eigenvalue weighted by atomic mass is 10.1. The number of nitro benzene ring substituents is 1. The van der Waals surface area contributed by atoms with Crippen molar-refractivity contribution in [2.45, 2.75) is 11.3 Å². The normalized spacial score (nSPS) is 10.3. The van der Waals surface area contributed by atoms with E-state index >= 15 is 0 Å². The Labute approximate surface area is 115 Å². The van der Waals surface area contributed by atoms with E-state index in [1.165, 1.54) is 6.07 Å². The Morgan fingerprint density at radius 2 is 1.95 bits per heavy atom. The largest absolute Gasteiger partial charge is 0.399 e. The fraction of sp³-hybridized carbons (Fsp3) is 0.143. The van der Waals surface area contributed by atoms with Crippen LogP contribution in [0.5, 0.6) is 0 Å². The summed E-state index contributed by atoms with van der Waals surface area (Å²) >= 11 is 1.69. The smallest absolute Gasteiger partial charge is 0.269 e. The van der Waals surface area contributed by atoms with Gasteiger partial charge in [0.2, 0.25) is 0 Å². The first kappa shape index (κ1) is 13.4. The highest BCUT2D eigenvalue weighted by Crippen LogP contribution is 2.22. The van der Waals surface area contributed by atoms with E-state index in [1.807, 2.05) is 30.3 Å². The highest BCUT2D eigenvalue weighted by atomic mass is 32.2. The van der Waals surface area contributed by atoms with Crippen LogP contribution >= 0.6 is 11.8 Å². The van der Waals surface area contributed by atoms with Crippen LogP contribution < -0.4 is 5.73 Å². The molecule has 0 bridgehead atoms. The standard InChI is InChI=1S/C14H14N2O2S/c15-12-4-2-6-14(10-12)19-8-7-11-3-1-5-13(9-11)16(17)18/h1-6,9-10H,7-8,15H2. The predicted octanol–water partition coefficient (Wildman–Crippen LogP) is 3.51. The van der Waals surface area contributed by atoms with Crippen molar-refractivity contribution in [3.05, 3.63) is 64.2 Å². The van der Waals surface area contributed by atoms with Crippen LogP contribution in [0.3, 0.4) is 0 Å². The molecule has 2 aromatic carbocycles. The van der Waals surface area contributed by atoms with E-state index in [0.29, 0.717) is 0 Å². The van der Waals surface area contributed by atoms with Gasteiger partial charge in [-0.1, -0.05) is 18.2 Å². The number of thioether (sulfide) groups is 1. The molecule has 0 aromatic heterocycles. The number of hydrogen-bond acceptors (Lipinski definition) is 4. The molecule has 0 aliphatic heterocycles. The second-order valence-electron chi connectivity index (χ2n) is 4.10. The third-order valence-electron chi connectivity index (χ3n) is 2.64. The number of aryl methyl sites for hydroxylation is 1. The molecule has 98 valence electrons. The minimum absolute atomic E-state index is 0.145. The van der Waals surface area contributed by atoms with E-state index in [1.54, 1.807) is 23.9 Å². The molecule has 0 atom stereocenters. The first-order chi connectivity index (χ1) is 9.15. The number of hydrogen-bond donors (Lipinski definition) is 1. The van der Waals surface area contributed by atoms with Gasteiger partial charge in [-0.05, 0) is 30.2 Å². The zero-order valence-electron chi connectivity index (χ0n) is 10.3. The first-order valence-corrected chi connectivity index (χ1v) is 6.85. The number of anilines is 1. The van der Waals surface area contributed by atoms with Crippen molar-refractivity contribution in [1.29, 1.82) is 0 Å². The molecule has 0 amide bonds. The monoisotopic (exact) mass is 274 g/mol. The molecule has 0 saturated heterocycles. The van der Waals surface area contributed by atoms with E-state index in [2.05, 4.69) is 0 Å². The van der Waals surface area contributed by atoms with Crippen molar-refractivity contribution in [2.24, 2.45) is 0 Å². The molecule has 0 unspecified atom stereocenters. The average molecular weight is 274 g/mol. The summed E-state index contributed by atoms with van der Waals surface area (Å²) in [4.78, 5) is 11.4. The quantitative estimate of drug-likeness (QED) is 0.392. The minimum atomic E-state index is -0.367. The van der Waals surface area contributed by atoms with Crippen molar-refractivity contribution in [3.63, 3.8) is 0 Å². The summed E-state index contributed by atoms with van der Waals surface area (Å²) in [5.74, 6) is 0.866. The molecule has 0 spiro atoms. The summed E-state index contributed by atoms with van der Waals surface area (Å²) in [6.45, 7) is 0. The Balaban J connectivity index is 1.92. The molecule has 2 N–H and O–H groups in total. The number of nitro groups is 1. The summed E-state index contributed by atoms with van der Waals surface area (Å²) in [5, 5.41) is 10.7. The van der Waals surface area contributed by atoms with Gasteiger partial charge in [-0.25, -0.2) is 0 Å². The molecule has 0 radical (unpaired) electrons. The molecule has 0 saturated carbocycles. The summed E-state index contributed by atoms with van der Waals surface area (Å²) in [7, 11) is 0. The Hall–Kier alpha value is -2.01. The molecule has 0 fully saturated rings. The zero-order valence-corrected chi connectivity index (χ0v) is 11.1. The van der Waals surface area contributed by atoms with Crippen molar-refractivity contribution in [1.82, 2.24) is 0 Å². The van der Waals surface area contributed by atoms with Crippen molar-refractivity contribution in [3.8, 4) is 0 Å². The van der Waals surface area contributed by atoms with Crippen LogP contribution in [0, 0.1) is 10.1 Å². The molecule has 2 rings (SSSR count).